The molecule has 0 fully saturated rings. The second kappa shape index (κ2) is 10.4. The van der Waals surface area contributed by atoms with Crippen molar-refractivity contribution in [1.29, 1.82) is 0 Å². The molecule has 2 aromatic carbocycles. The summed E-state index contributed by atoms with van der Waals surface area (Å²) in [5, 5.41) is 3.32. The van der Waals surface area contributed by atoms with Gasteiger partial charge in [0.25, 0.3) is 0 Å². The van der Waals surface area contributed by atoms with Crippen LogP contribution in [0.3, 0.4) is 0 Å². The molecule has 2 aromatic rings. The van der Waals surface area contributed by atoms with E-state index in [0.29, 0.717) is 34.1 Å². The topological polar surface area (TPSA) is 92.3 Å². The van der Waals surface area contributed by atoms with E-state index in [1.165, 1.54) is 28.4 Å². The fourth-order valence-corrected chi connectivity index (χ4v) is 5.27. The van der Waals surface area contributed by atoms with Gasteiger partial charge in [0.15, 0.2) is 11.5 Å². The highest BCUT2D eigenvalue weighted by Crippen LogP contribution is 2.50. The Labute approximate surface area is 210 Å². The quantitative estimate of drug-likeness (QED) is 0.576. The van der Waals surface area contributed by atoms with Crippen molar-refractivity contribution in [3.05, 3.63) is 70.6 Å². The highest BCUT2D eigenvalue weighted by Gasteiger charge is 2.45. The number of hydrogen-bond donors (Lipinski definition) is 1. The summed E-state index contributed by atoms with van der Waals surface area (Å²) in [5.74, 6) is 0.147. The lowest BCUT2D eigenvalue weighted by Crippen LogP contribution is -2.41. The molecular weight excluding hydrogens is 462 g/mol. The number of methoxy groups -OCH3 is 5. The van der Waals surface area contributed by atoms with E-state index in [0.717, 1.165) is 17.0 Å². The van der Waals surface area contributed by atoms with Crippen molar-refractivity contribution in [2.75, 3.05) is 35.5 Å². The molecule has 1 aliphatic heterocycles. The highest BCUT2D eigenvalue weighted by atomic mass is 16.5. The Kier molecular flexibility index (Phi) is 7.24. The lowest BCUT2D eigenvalue weighted by Gasteiger charge is -2.39. The van der Waals surface area contributed by atoms with Gasteiger partial charge in [-0.1, -0.05) is 24.3 Å². The first-order valence-electron chi connectivity index (χ1n) is 11.6. The number of hydrogen-bond acceptors (Lipinski definition) is 8. The van der Waals surface area contributed by atoms with E-state index in [9.17, 15) is 9.59 Å². The molecule has 3 atom stereocenters. The second-order valence-corrected chi connectivity index (χ2v) is 8.71. The number of carbonyl (C=O) groups excluding carboxylic acids is 2. The maximum atomic E-state index is 13.8. The molecule has 0 saturated carbocycles. The number of fused-ring (bicyclic) bond motifs is 1. The van der Waals surface area contributed by atoms with E-state index in [4.69, 9.17) is 23.7 Å². The van der Waals surface area contributed by atoms with E-state index in [2.05, 4.69) is 11.4 Å². The van der Waals surface area contributed by atoms with Gasteiger partial charge in [0, 0.05) is 35.2 Å². The molecule has 0 saturated heterocycles. The molecule has 0 amide bonds. The number of allylic oxidation sites excluding steroid dienone is 3. The lowest BCUT2D eigenvalue weighted by molar-refractivity contribution is -0.136. The Morgan fingerprint density at radius 2 is 1.53 bits per heavy atom. The number of esters is 1. The smallest absolute Gasteiger partial charge is 0.336 e. The first-order chi connectivity index (χ1) is 17.4. The van der Waals surface area contributed by atoms with E-state index >= 15 is 0 Å². The molecule has 190 valence electrons. The van der Waals surface area contributed by atoms with Crippen LogP contribution >= 0.6 is 0 Å². The molecule has 1 heterocycles. The molecule has 1 aliphatic carbocycles. The molecule has 36 heavy (non-hydrogen) atoms. The van der Waals surface area contributed by atoms with Gasteiger partial charge in [0.1, 0.15) is 11.5 Å². The van der Waals surface area contributed by atoms with Gasteiger partial charge in [-0.3, -0.25) is 4.79 Å². The molecule has 2 aliphatic rings. The summed E-state index contributed by atoms with van der Waals surface area (Å²) < 4.78 is 27.3. The van der Waals surface area contributed by atoms with Gasteiger partial charge in [-0.2, -0.15) is 0 Å². The van der Waals surface area contributed by atoms with E-state index in [-0.39, 0.29) is 18.1 Å². The number of rotatable bonds is 7. The van der Waals surface area contributed by atoms with Crippen molar-refractivity contribution in [1.82, 2.24) is 5.32 Å². The summed E-state index contributed by atoms with van der Waals surface area (Å²) in [7, 11) is 7.54. The third-order valence-corrected chi connectivity index (χ3v) is 6.85. The fraction of sp³-hybridized carbons (Fsp3) is 0.357. The Morgan fingerprint density at radius 1 is 0.889 bits per heavy atom. The molecule has 1 N–H and O–H groups in total. The second-order valence-electron chi connectivity index (χ2n) is 8.71. The zero-order valence-corrected chi connectivity index (χ0v) is 21.3. The van der Waals surface area contributed by atoms with Gasteiger partial charge in [-0.25, -0.2) is 4.79 Å². The van der Waals surface area contributed by atoms with Crippen LogP contribution in [-0.2, 0) is 14.3 Å². The summed E-state index contributed by atoms with van der Waals surface area (Å²) in [5.41, 5.74) is 3.37. The van der Waals surface area contributed by atoms with Gasteiger partial charge in [-0.15, -0.1) is 0 Å². The van der Waals surface area contributed by atoms with Gasteiger partial charge in [0.05, 0.1) is 47.0 Å². The average Bonchev–Trinajstić information content (AvgIpc) is 2.90. The minimum absolute atomic E-state index is 0.00330. The van der Waals surface area contributed by atoms with Crippen molar-refractivity contribution in [2.24, 2.45) is 5.92 Å². The van der Waals surface area contributed by atoms with Crippen LogP contribution in [0.4, 0.5) is 0 Å². The normalized spacial score (nSPS) is 21.1. The Balaban J connectivity index is 1.90. The van der Waals surface area contributed by atoms with Crippen molar-refractivity contribution in [3.8, 4) is 23.0 Å². The zero-order chi connectivity index (χ0) is 26.0. The summed E-state index contributed by atoms with van der Waals surface area (Å²) in [6.45, 7) is 1.81. The number of nitrogens with one attached hydrogen (secondary N) is 1. The maximum Gasteiger partial charge on any atom is 0.336 e. The first kappa shape index (κ1) is 25.2. The molecule has 0 spiro atoms. The molecule has 0 bridgehead atoms. The lowest BCUT2D eigenvalue weighted by atomic mass is 9.68. The largest absolute Gasteiger partial charge is 0.496 e. The SMILES string of the molecule is COC(=O)C1=C(C)NC2=CC(c3ccccc3OC)CC(=O)C2C1c1cc(OC)c(OC)c(OC)c1. The first-order valence-corrected chi connectivity index (χ1v) is 11.6. The van der Waals surface area contributed by atoms with E-state index < -0.39 is 17.8 Å². The highest BCUT2D eigenvalue weighted by molar-refractivity contribution is 5.96. The minimum atomic E-state index is -0.614. The third kappa shape index (κ3) is 4.27. The standard InChI is InChI=1S/C28H31NO7/c1-15-24(28(31)36-6)25(17-13-22(33-3)27(35-5)23(14-17)34-4)26-19(29-15)11-16(12-20(26)30)18-9-7-8-10-21(18)32-2/h7-11,13-14,16,25-26,29H,12H2,1-6H3. The Hall–Kier alpha value is -3.94. The summed E-state index contributed by atoms with van der Waals surface area (Å²) in [4.78, 5) is 26.8. The fourth-order valence-electron chi connectivity index (χ4n) is 5.27. The number of ketones is 1. The predicted octanol–water partition coefficient (Wildman–Crippen LogP) is 4.11. The number of benzene rings is 2. The molecule has 4 rings (SSSR count). The zero-order valence-electron chi connectivity index (χ0n) is 21.3. The average molecular weight is 494 g/mol. The van der Waals surface area contributed by atoms with Gasteiger partial charge < -0.3 is 29.0 Å². The van der Waals surface area contributed by atoms with Crippen LogP contribution in [0, 0.1) is 5.92 Å². The van der Waals surface area contributed by atoms with Crippen LogP contribution in [-0.4, -0.2) is 47.3 Å². The van der Waals surface area contributed by atoms with Gasteiger partial charge >= 0.3 is 5.97 Å². The van der Waals surface area contributed by atoms with Crippen molar-refractivity contribution >= 4 is 11.8 Å². The monoisotopic (exact) mass is 493 g/mol. The van der Waals surface area contributed by atoms with Crippen molar-refractivity contribution < 1.29 is 33.3 Å². The predicted molar refractivity (Wildman–Crippen MR) is 134 cm³/mol. The number of para-hydroxylation sites is 1. The molecule has 8 nitrogen and oxygen atoms in total. The van der Waals surface area contributed by atoms with Gasteiger partial charge in [0.2, 0.25) is 5.75 Å². The third-order valence-electron chi connectivity index (χ3n) is 6.85. The van der Waals surface area contributed by atoms with Crippen molar-refractivity contribution in [3.63, 3.8) is 0 Å². The Morgan fingerprint density at radius 3 is 2.11 bits per heavy atom. The van der Waals surface area contributed by atoms with E-state index in [1.807, 2.05) is 31.2 Å². The summed E-state index contributed by atoms with van der Waals surface area (Å²) in [6.07, 6.45) is 2.33. The number of ether oxygens (including phenoxy) is 5. The van der Waals surface area contributed by atoms with Crippen LogP contribution in [0.2, 0.25) is 0 Å². The number of Topliss-reactive ketones (excluding diaryl/α,β-unsaturated/α-hetero) is 1. The van der Waals surface area contributed by atoms with E-state index in [1.54, 1.807) is 19.2 Å². The van der Waals surface area contributed by atoms with Crippen LogP contribution in [0.1, 0.15) is 36.3 Å². The molecular formula is C28H31NO7. The number of carbonyl (C=O) groups is 2. The summed E-state index contributed by atoms with van der Waals surface area (Å²) >= 11 is 0. The molecule has 0 aromatic heterocycles. The minimum Gasteiger partial charge on any atom is -0.496 e. The maximum absolute atomic E-state index is 13.8. The molecule has 8 heteroatoms. The van der Waals surface area contributed by atoms with Crippen LogP contribution in [0.25, 0.3) is 0 Å². The van der Waals surface area contributed by atoms with Gasteiger partial charge in [-0.05, 0) is 30.7 Å². The molecule has 3 unspecified atom stereocenters. The van der Waals surface area contributed by atoms with Crippen LogP contribution in [0.5, 0.6) is 23.0 Å². The van der Waals surface area contributed by atoms with Crippen molar-refractivity contribution in [2.45, 2.75) is 25.2 Å². The Bertz CT molecular complexity index is 1220. The van der Waals surface area contributed by atoms with Crippen LogP contribution in [0.15, 0.2) is 59.4 Å². The molecule has 0 radical (unpaired) electrons. The summed E-state index contributed by atoms with van der Waals surface area (Å²) in [6, 6.07) is 11.3. The van der Waals surface area contributed by atoms with Crippen LogP contribution < -0.4 is 24.3 Å².